The average molecular weight is 363 g/mol. The molecule has 1 rings (SSSR count). The molecule has 0 amide bonds. The molecule has 1 aromatic rings. The van der Waals surface area contributed by atoms with Gasteiger partial charge in [0.05, 0.1) is 13.2 Å². The lowest BCUT2D eigenvalue weighted by Crippen LogP contribution is -2.05. The fraction of sp³-hybridized carbons (Fsp3) is 0.591. The van der Waals surface area contributed by atoms with Gasteiger partial charge in [-0.1, -0.05) is 64.5 Å². The Hall–Kier alpha value is -1.97. The van der Waals surface area contributed by atoms with E-state index >= 15 is 0 Å². The standard InChI is InChI=1S/C22H34O4/c1-4-6-8-10-16-25-21-18(3)12-13-19(14-15-20(23)24)22(21)26-17-11-9-7-5-2/h12-15H,4-11,16-17H2,1-3H3,(H,23,24). The first-order chi connectivity index (χ1) is 12.6. The van der Waals surface area contributed by atoms with Gasteiger partial charge in [-0.3, -0.25) is 0 Å². The zero-order valence-electron chi connectivity index (χ0n) is 16.6. The number of aryl methyl sites for hydroxylation is 1. The van der Waals surface area contributed by atoms with Crippen LogP contribution in [0.25, 0.3) is 6.08 Å². The van der Waals surface area contributed by atoms with Crippen LogP contribution < -0.4 is 9.47 Å². The molecule has 26 heavy (non-hydrogen) atoms. The molecule has 0 aromatic heterocycles. The van der Waals surface area contributed by atoms with E-state index in [0.717, 1.165) is 48.6 Å². The van der Waals surface area contributed by atoms with E-state index in [4.69, 9.17) is 14.6 Å². The van der Waals surface area contributed by atoms with E-state index in [-0.39, 0.29) is 0 Å². The predicted octanol–water partition coefficient (Wildman–Crippen LogP) is 6.01. The molecule has 1 N–H and O–H groups in total. The van der Waals surface area contributed by atoms with Crippen molar-refractivity contribution in [1.29, 1.82) is 0 Å². The molecule has 0 saturated carbocycles. The summed E-state index contributed by atoms with van der Waals surface area (Å²) in [5, 5.41) is 8.93. The van der Waals surface area contributed by atoms with E-state index in [2.05, 4.69) is 13.8 Å². The second-order valence-corrected chi connectivity index (χ2v) is 6.62. The summed E-state index contributed by atoms with van der Waals surface area (Å²) >= 11 is 0. The Labute approximate surface area is 158 Å². The maximum atomic E-state index is 10.9. The zero-order valence-corrected chi connectivity index (χ0v) is 16.6. The number of carbonyl (C=O) groups is 1. The molecule has 0 radical (unpaired) electrons. The summed E-state index contributed by atoms with van der Waals surface area (Å²) in [5.74, 6) is 0.431. The first-order valence-corrected chi connectivity index (χ1v) is 9.90. The minimum Gasteiger partial charge on any atom is -0.489 e. The van der Waals surface area contributed by atoms with Gasteiger partial charge in [0.1, 0.15) is 0 Å². The van der Waals surface area contributed by atoms with Gasteiger partial charge in [0.25, 0.3) is 0 Å². The summed E-state index contributed by atoms with van der Waals surface area (Å²) in [5.41, 5.74) is 1.76. The summed E-state index contributed by atoms with van der Waals surface area (Å²) in [4.78, 5) is 10.9. The lowest BCUT2D eigenvalue weighted by atomic mass is 10.1. The van der Waals surface area contributed by atoms with Crippen LogP contribution in [0.4, 0.5) is 0 Å². The molecule has 1 aromatic carbocycles. The third kappa shape index (κ3) is 8.41. The molecule has 0 bridgehead atoms. The summed E-state index contributed by atoms with van der Waals surface area (Å²) in [6, 6.07) is 3.84. The molecule has 4 nitrogen and oxygen atoms in total. The minimum atomic E-state index is -0.971. The monoisotopic (exact) mass is 362 g/mol. The van der Waals surface area contributed by atoms with Crippen LogP contribution in [-0.4, -0.2) is 24.3 Å². The average Bonchev–Trinajstić information content (AvgIpc) is 2.62. The highest BCUT2D eigenvalue weighted by atomic mass is 16.5. The molecule has 0 aliphatic heterocycles. The van der Waals surface area contributed by atoms with E-state index in [0.29, 0.717) is 19.0 Å². The fourth-order valence-corrected chi connectivity index (χ4v) is 2.70. The maximum absolute atomic E-state index is 10.9. The Morgan fingerprint density at radius 2 is 1.50 bits per heavy atom. The van der Waals surface area contributed by atoms with Crippen LogP contribution in [0.1, 0.15) is 76.3 Å². The molecule has 0 heterocycles. The van der Waals surface area contributed by atoms with Crippen molar-refractivity contribution < 1.29 is 19.4 Å². The van der Waals surface area contributed by atoms with E-state index in [1.165, 1.54) is 25.7 Å². The van der Waals surface area contributed by atoms with Crippen molar-refractivity contribution in [3.05, 3.63) is 29.3 Å². The molecule has 0 atom stereocenters. The molecule has 4 heteroatoms. The highest BCUT2D eigenvalue weighted by molar-refractivity contribution is 5.86. The Morgan fingerprint density at radius 3 is 2.04 bits per heavy atom. The van der Waals surface area contributed by atoms with Gasteiger partial charge in [0.15, 0.2) is 11.5 Å². The normalized spacial score (nSPS) is 11.0. The van der Waals surface area contributed by atoms with Gasteiger partial charge in [0, 0.05) is 11.6 Å². The molecule has 0 spiro atoms. The highest BCUT2D eigenvalue weighted by Crippen LogP contribution is 2.36. The first-order valence-electron chi connectivity index (χ1n) is 9.90. The third-order valence-electron chi connectivity index (χ3n) is 4.23. The second kappa shape index (κ2) is 13.3. The van der Waals surface area contributed by atoms with Crippen molar-refractivity contribution in [1.82, 2.24) is 0 Å². The van der Waals surface area contributed by atoms with Gasteiger partial charge in [0.2, 0.25) is 0 Å². The Balaban J connectivity index is 2.88. The Morgan fingerprint density at radius 1 is 0.923 bits per heavy atom. The quantitative estimate of drug-likeness (QED) is 0.325. The van der Waals surface area contributed by atoms with Crippen molar-refractivity contribution in [2.75, 3.05) is 13.2 Å². The zero-order chi connectivity index (χ0) is 19.2. The topological polar surface area (TPSA) is 55.8 Å². The van der Waals surface area contributed by atoms with Crippen LogP contribution in [0.15, 0.2) is 18.2 Å². The van der Waals surface area contributed by atoms with E-state index in [1.54, 1.807) is 6.08 Å². The molecule has 0 aliphatic carbocycles. The van der Waals surface area contributed by atoms with Crippen LogP contribution in [0, 0.1) is 6.92 Å². The van der Waals surface area contributed by atoms with Gasteiger partial charge in [-0.25, -0.2) is 4.79 Å². The van der Waals surface area contributed by atoms with Crippen LogP contribution in [0.2, 0.25) is 0 Å². The number of aliphatic carboxylic acids is 1. The lowest BCUT2D eigenvalue weighted by Gasteiger charge is -2.17. The van der Waals surface area contributed by atoms with Gasteiger partial charge < -0.3 is 14.6 Å². The summed E-state index contributed by atoms with van der Waals surface area (Å²) in [6.45, 7) is 7.63. The van der Waals surface area contributed by atoms with Crippen molar-refractivity contribution in [3.63, 3.8) is 0 Å². The molecule has 0 unspecified atom stereocenters. The van der Waals surface area contributed by atoms with Gasteiger partial charge in [-0.05, 0) is 31.4 Å². The van der Waals surface area contributed by atoms with Crippen molar-refractivity contribution >= 4 is 12.0 Å². The van der Waals surface area contributed by atoms with Crippen LogP contribution >= 0.6 is 0 Å². The van der Waals surface area contributed by atoms with Crippen molar-refractivity contribution in [2.45, 2.75) is 72.1 Å². The number of hydrogen-bond acceptors (Lipinski definition) is 3. The maximum Gasteiger partial charge on any atom is 0.328 e. The van der Waals surface area contributed by atoms with E-state index in [9.17, 15) is 4.79 Å². The first kappa shape index (κ1) is 22.1. The van der Waals surface area contributed by atoms with Crippen LogP contribution in [-0.2, 0) is 4.79 Å². The fourth-order valence-electron chi connectivity index (χ4n) is 2.70. The number of benzene rings is 1. The van der Waals surface area contributed by atoms with Crippen LogP contribution in [0.5, 0.6) is 11.5 Å². The van der Waals surface area contributed by atoms with Crippen molar-refractivity contribution in [2.24, 2.45) is 0 Å². The Bertz CT molecular complexity index is 564. The number of ether oxygens (including phenoxy) is 2. The van der Waals surface area contributed by atoms with Gasteiger partial charge in [-0.15, -0.1) is 0 Å². The SMILES string of the molecule is CCCCCCOc1c(C)ccc(C=CC(=O)O)c1OCCCCCC. The number of carboxylic acids is 1. The molecule has 0 saturated heterocycles. The molecular weight excluding hydrogens is 328 g/mol. The summed E-state index contributed by atoms with van der Waals surface area (Å²) in [6.07, 6.45) is 11.8. The van der Waals surface area contributed by atoms with Gasteiger partial charge in [-0.2, -0.15) is 0 Å². The number of hydrogen-bond donors (Lipinski definition) is 1. The Kier molecular flexibility index (Phi) is 11.3. The lowest BCUT2D eigenvalue weighted by molar-refractivity contribution is -0.131. The van der Waals surface area contributed by atoms with E-state index in [1.807, 2.05) is 19.1 Å². The molecule has 0 aliphatic rings. The van der Waals surface area contributed by atoms with Crippen LogP contribution in [0.3, 0.4) is 0 Å². The molecule has 146 valence electrons. The molecular formula is C22H34O4. The largest absolute Gasteiger partial charge is 0.489 e. The molecule has 0 fully saturated rings. The number of unbranched alkanes of at least 4 members (excludes halogenated alkanes) is 6. The number of carboxylic acid groups (broad SMARTS) is 1. The number of rotatable bonds is 14. The van der Waals surface area contributed by atoms with Gasteiger partial charge >= 0.3 is 5.97 Å². The van der Waals surface area contributed by atoms with E-state index < -0.39 is 5.97 Å². The van der Waals surface area contributed by atoms with Crippen molar-refractivity contribution in [3.8, 4) is 11.5 Å². The highest BCUT2D eigenvalue weighted by Gasteiger charge is 2.13. The second-order valence-electron chi connectivity index (χ2n) is 6.62. The minimum absolute atomic E-state index is 0.615. The predicted molar refractivity (Wildman–Crippen MR) is 107 cm³/mol. The summed E-state index contributed by atoms with van der Waals surface area (Å²) < 4.78 is 12.1. The third-order valence-corrected chi connectivity index (χ3v) is 4.23. The summed E-state index contributed by atoms with van der Waals surface area (Å²) in [7, 11) is 0. The smallest absolute Gasteiger partial charge is 0.328 e.